The quantitative estimate of drug-likeness (QED) is 0.801. The zero-order valence-electron chi connectivity index (χ0n) is 11.8. The first-order valence-corrected chi connectivity index (χ1v) is 6.75. The van der Waals surface area contributed by atoms with Gasteiger partial charge in [0.05, 0.1) is 0 Å². The van der Waals surface area contributed by atoms with Gasteiger partial charge in [-0.1, -0.05) is 11.6 Å². The van der Waals surface area contributed by atoms with Crippen molar-refractivity contribution < 1.29 is 9.59 Å². The van der Waals surface area contributed by atoms with E-state index in [9.17, 15) is 9.59 Å². The van der Waals surface area contributed by atoms with Gasteiger partial charge in [-0.05, 0) is 32.0 Å². The molecule has 0 spiro atoms. The highest BCUT2D eigenvalue weighted by atomic mass is 35.5. The summed E-state index contributed by atoms with van der Waals surface area (Å²) < 4.78 is 0. The Labute approximate surface area is 123 Å². The molecule has 108 valence electrons. The number of amides is 2. The molecule has 1 aliphatic heterocycles. The summed E-state index contributed by atoms with van der Waals surface area (Å²) in [5, 5.41) is 0.409. The number of likely N-dealkylation sites (N-methyl/N-ethyl adjacent to an activating group) is 1. The number of carbonyl (C=O) groups is 2. The van der Waals surface area contributed by atoms with Crippen LogP contribution in [0.4, 0.5) is 5.69 Å². The summed E-state index contributed by atoms with van der Waals surface area (Å²) in [5.41, 5.74) is 5.67. The Balaban J connectivity index is 2.35. The third-order valence-electron chi connectivity index (χ3n) is 3.62. The van der Waals surface area contributed by atoms with Crippen LogP contribution in [-0.4, -0.2) is 47.3 Å². The zero-order valence-corrected chi connectivity index (χ0v) is 12.6. The lowest BCUT2D eigenvalue weighted by Crippen LogP contribution is -2.63. The van der Waals surface area contributed by atoms with Gasteiger partial charge in [0.25, 0.3) is 5.91 Å². The maximum Gasteiger partial charge on any atom is 0.254 e. The molecule has 1 fully saturated rings. The Bertz CT molecular complexity index is 551. The lowest BCUT2D eigenvalue weighted by atomic mass is 9.96. The molecular formula is C14H18ClN3O2. The first kappa shape index (κ1) is 14.7. The van der Waals surface area contributed by atoms with Gasteiger partial charge in [0.15, 0.2) is 0 Å². The van der Waals surface area contributed by atoms with Crippen LogP contribution in [0.3, 0.4) is 0 Å². The summed E-state index contributed by atoms with van der Waals surface area (Å²) in [6, 6.07) is 4.73. The number of nitrogens with two attached hydrogens (primary N) is 1. The molecule has 6 heteroatoms. The van der Waals surface area contributed by atoms with Crippen molar-refractivity contribution in [3.8, 4) is 0 Å². The van der Waals surface area contributed by atoms with Crippen LogP contribution in [0.1, 0.15) is 24.2 Å². The minimum atomic E-state index is -0.874. The molecule has 0 radical (unpaired) electrons. The van der Waals surface area contributed by atoms with E-state index >= 15 is 0 Å². The van der Waals surface area contributed by atoms with Crippen LogP contribution in [-0.2, 0) is 4.79 Å². The second kappa shape index (κ2) is 4.98. The SMILES string of the molecule is CN1CCN(C(=O)c2cc(N)cc(Cl)c2)C(C)(C)C1=O. The normalized spacial score (nSPS) is 18.3. The van der Waals surface area contributed by atoms with Crippen molar-refractivity contribution in [1.82, 2.24) is 9.80 Å². The molecule has 2 N–H and O–H groups in total. The van der Waals surface area contributed by atoms with Crippen LogP contribution in [0, 0.1) is 0 Å². The molecule has 1 aromatic carbocycles. The van der Waals surface area contributed by atoms with Crippen molar-refractivity contribution in [3.63, 3.8) is 0 Å². The highest BCUT2D eigenvalue weighted by Crippen LogP contribution is 2.25. The van der Waals surface area contributed by atoms with Gasteiger partial charge in [-0.25, -0.2) is 0 Å². The van der Waals surface area contributed by atoms with E-state index in [-0.39, 0.29) is 11.8 Å². The van der Waals surface area contributed by atoms with E-state index in [4.69, 9.17) is 17.3 Å². The van der Waals surface area contributed by atoms with Gasteiger partial charge in [0.1, 0.15) is 5.54 Å². The van der Waals surface area contributed by atoms with Crippen molar-refractivity contribution in [2.45, 2.75) is 19.4 Å². The Kier molecular flexibility index (Phi) is 3.65. The minimum Gasteiger partial charge on any atom is -0.399 e. The maximum atomic E-state index is 12.6. The topological polar surface area (TPSA) is 66.6 Å². The predicted octanol–water partition coefficient (Wildman–Crippen LogP) is 1.61. The second-order valence-electron chi connectivity index (χ2n) is 5.52. The Morgan fingerprint density at radius 1 is 1.30 bits per heavy atom. The first-order valence-electron chi connectivity index (χ1n) is 6.37. The number of halogens is 1. The van der Waals surface area contributed by atoms with Gasteiger partial charge in [0, 0.05) is 36.4 Å². The van der Waals surface area contributed by atoms with Crippen molar-refractivity contribution >= 4 is 29.1 Å². The van der Waals surface area contributed by atoms with Crippen molar-refractivity contribution in [2.75, 3.05) is 25.9 Å². The van der Waals surface area contributed by atoms with Gasteiger partial charge in [-0.3, -0.25) is 9.59 Å². The molecule has 2 amide bonds. The summed E-state index contributed by atoms with van der Waals surface area (Å²) in [4.78, 5) is 28.0. The van der Waals surface area contributed by atoms with E-state index in [0.29, 0.717) is 29.4 Å². The smallest absolute Gasteiger partial charge is 0.254 e. The van der Waals surface area contributed by atoms with Gasteiger partial charge in [-0.15, -0.1) is 0 Å². The molecule has 0 aliphatic carbocycles. The van der Waals surface area contributed by atoms with E-state index in [1.807, 2.05) is 0 Å². The summed E-state index contributed by atoms with van der Waals surface area (Å²) in [5.74, 6) is -0.308. The van der Waals surface area contributed by atoms with Crippen molar-refractivity contribution in [3.05, 3.63) is 28.8 Å². The minimum absolute atomic E-state index is 0.0768. The molecule has 0 unspecified atom stereocenters. The summed E-state index contributed by atoms with van der Waals surface area (Å²) in [7, 11) is 1.74. The molecule has 20 heavy (non-hydrogen) atoms. The van der Waals surface area contributed by atoms with Gasteiger partial charge in [-0.2, -0.15) is 0 Å². The number of carbonyl (C=O) groups excluding carboxylic acids is 2. The Hall–Kier alpha value is -1.75. The van der Waals surface area contributed by atoms with E-state index in [1.165, 1.54) is 0 Å². The van der Waals surface area contributed by atoms with Crippen LogP contribution < -0.4 is 5.73 Å². The molecule has 1 heterocycles. The number of hydrogen-bond acceptors (Lipinski definition) is 3. The number of piperazine rings is 1. The molecule has 1 aromatic rings. The molecular weight excluding hydrogens is 278 g/mol. The van der Waals surface area contributed by atoms with Crippen LogP contribution in [0.2, 0.25) is 5.02 Å². The molecule has 0 saturated carbocycles. The monoisotopic (exact) mass is 295 g/mol. The second-order valence-corrected chi connectivity index (χ2v) is 5.95. The number of benzene rings is 1. The van der Waals surface area contributed by atoms with Gasteiger partial charge >= 0.3 is 0 Å². The molecule has 1 saturated heterocycles. The standard InChI is InChI=1S/C14H18ClN3O2/c1-14(2)13(20)17(3)4-5-18(14)12(19)9-6-10(15)8-11(16)7-9/h6-8H,4-5,16H2,1-3H3. The fourth-order valence-electron chi connectivity index (χ4n) is 2.46. The summed E-state index contributed by atoms with van der Waals surface area (Å²) in [6.07, 6.45) is 0. The number of hydrogen-bond donors (Lipinski definition) is 1. The third kappa shape index (κ3) is 2.45. The number of rotatable bonds is 1. The fraction of sp³-hybridized carbons (Fsp3) is 0.429. The van der Waals surface area contributed by atoms with E-state index in [1.54, 1.807) is 48.9 Å². The van der Waals surface area contributed by atoms with E-state index < -0.39 is 5.54 Å². The molecule has 0 atom stereocenters. The number of nitrogen functional groups attached to an aromatic ring is 1. The largest absolute Gasteiger partial charge is 0.399 e. The Morgan fingerprint density at radius 3 is 2.55 bits per heavy atom. The van der Waals surface area contributed by atoms with Crippen LogP contribution >= 0.6 is 11.6 Å². The average molecular weight is 296 g/mol. The molecule has 0 bridgehead atoms. The third-order valence-corrected chi connectivity index (χ3v) is 3.83. The highest BCUT2D eigenvalue weighted by molar-refractivity contribution is 6.31. The van der Waals surface area contributed by atoms with Gasteiger partial charge in [0.2, 0.25) is 5.91 Å². The average Bonchev–Trinajstić information content (AvgIpc) is 2.34. The number of nitrogens with zero attached hydrogens (tertiary/aromatic N) is 2. The Morgan fingerprint density at radius 2 is 1.95 bits per heavy atom. The lowest BCUT2D eigenvalue weighted by molar-refractivity contribution is -0.144. The molecule has 5 nitrogen and oxygen atoms in total. The van der Waals surface area contributed by atoms with E-state index in [0.717, 1.165) is 0 Å². The van der Waals surface area contributed by atoms with Crippen molar-refractivity contribution in [1.29, 1.82) is 0 Å². The fourth-order valence-corrected chi connectivity index (χ4v) is 2.70. The summed E-state index contributed by atoms with van der Waals surface area (Å²) in [6.45, 7) is 4.50. The molecule has 1 aliphatic rings. The van der Waals surface area contributed by atoms with Gasteiger partial charge < -0.3 is 15.5 Å². The summed E-state index contributed by atoms with van der Waals surface area (Å²) >= 11 is 5.93. The molecule has 0 aromatic heterocycles. The first-order chi connectivity index (χ1) is 9.23. The van der Waals surface area contributed by atoms with Crippen molar-refractivity contribution in [2.24, 2.45) is 0 Å². The number of anilines is 1. The highest BCUT2D eigenvalue weighted by Gasteiger charge is 2.43. The maximum absolute atomic E-state index is 12.6. The molecule has 2 rings (SSSR count). The van der Waals surface area contributed by atoms with Crippen LogP contribution in [0.15, 0.2) is 18.2 Å². The van der Waals surface area contributed by atoms with E-state index in [2.05, 4.69) is 0 Å². The predicted molar refractivity (Wildman–Crippen MR) is 78.6 cm³/mol. The van der Waals surface area contributed by atoms with Crippen LogP contribution in [0.5, 0.6) is 0 Å². The zero-order chi connectivity index (χ0) is 15.1. The van der Waals surface area contributed by atoms with Crippen LogP contribution in [0.25, 0.3) is 0 Å². The lowest BCUT2D eigenvalue weighted by Gasteiger charge is -2.44.